The Hall–Kier alpha value is -2.81. The van der Waals surface area contributed by atoms with Gasteiger partial charge in [-0.3, -0.25) is 5.32 Å². The van der Waals surface area contributed by atoms with Crippen molar-refractivity contribution in [2.24, 2.45) is 0 Å². The Morgan fingerprint density at radius 2 is 1.37 bits per heavy atom. The second kappa shape index (κ2) is 6.73. The summed E-state index contributed by atoms with van der Waals surface area (Å²) in [5.74, 6) is 0. The quantitative estimate of drug-likeness (QED) is 0.327. The highest BCUT2D eigenvalue weighted by atomic mass is 35.5. The molecule has 0 radical (unpaired) electrons. The molecule has 0 spiro atoms. The van der Waals surface area contributed by atoms with Crippen molar-refractivity contribution in [3.05, 3.63) is 102 Å². The van der Waals surface area contributed by atoms with E-state index in [-0.39, 0.29) is 11.7 Å². The standard InChI is InChI=1S/C24H19ClN2/c25-24-26-22-8-4-3-7-21(22)23(27-24)18-12-9-17(10-13-18)20-14-11-16-5-1-2-6-19(16)15-20/h1-15,23-24,26-27H. The van der Waals surface area contributed by atoms with Gasteiger partial charge in [0, 0.05) is 5.69 Å². The number of halogens is 1. The van der Waals surface area contributed by atoms with Crippen LogP contribution in [0.5, 0.6) is 0 Å². The van der Waals surface area contributed by atoms with Crippen molar-refractivity contribution >= 4 is 28.1 Å². The molecule has 1 aliphatic rings. The molecule has 4 aromatic carbocycles. The number of para-hydroxylation sites is 1. The zero-order valence-corrected chi connectivity index (χ0v) is 15.4. The molecule has 0 saturated carbocycles. The van der Waals surface area contributed by atoms with Crippen LogP contribution in [0.1, 0.15) is 17.2 Å². The molecule has 2 nitrogen and oxygen atoms in total. The van der Waals surface area contributed by atoms with Crippen LogP contribution in [0.2, 0.25) is 0 Å². The van der Waals surface area contributed by atoms with Gasteiger partial charge in [0.2, 0.25) is 0 Å². The fourth-order valence-electron chi connectivity index (χ4n) is 3.81. The van der Waals surface area contributed by atoms with Gasteiger partial charge in [-0.1, -0.05) is 90.5 Å². The van der Waals surface area contributed by atoms with Crippen molar-refractivity contribution in [3.8, 4) is 11.1 Å². The second-order valence-electron chi connectivity index (χ2n) is 6.88. The van der Waals surface area contributed by atoms with Crippen LogP contribution in [0.3, 0.4) is 0 Å². The first-order valence-corrected chi connectivity index (χ1v) is 9.56. The van der Waals surface area contributed by atoms with Crippen LogP contribution in [0, 0.1) is 0 Å². The van der Waals surface area contributed by atoms with E-state index in [0.717, 1.165) is 5.69 Å². The Labute approximate surface area is 163 Å². The normalized spacial score (nSPS) is 18.7. The molecule has 5 rings (SSSR count). The van der Waals surface area contributed by atoms with E-state index in [1.807, 2.05) is 6.07 Å². The number of nitrogens with one attached hydrogen (secondary N) is 2. The molecular formula is C24H19ClN2. The molecule has 1 aliphatic heterocycles. The highest BCUT2D eigenvalue weighted by molar-refractivity contribution is 6.21. The summed E-state index contributed by atoms with van der Waals surface area (Å²) in [7, 11) is 0. The van der Waals surface area contributed by atoms with Crippen LogP contribution in [-0.2, 0) is 0 Å². The van der Waals surface area contributed by atoms with E-state index in [9.17, 15) is 0 Å². The third kappa shape index (κ3) is 3.08. The second-order valence-corrected chi connectivity index (χ2v) is 7.31. The van der Waals surface area contributed by atoms with E-state index in [1.54, 1.807) is 0 Å². The summed E-state index contributed by atoms with van der Waals surface area (Å²) in [5, 5.41) is 9.22. The summed E-state index contributed by atoms with van der Waals surface area (Å²) in [6.45, 7) is 0. The van der Waals surface area contributed by atoms with Crippen LogP contribution >= 0.6 is 11.6 Å². The van der Waals surface area contributed by atoms with E-state index in [1.165, 1.54) is 33.0 Å². The predicted molar refractivity (Wildman–Crippen MR) is 114 cm³/mol. The highest BCUT2D eigenvalue weighted by Crippen LogP contribution is 2.34. The Morgan fingerprint density at radius 3 is 2.22 bits per heavy atom. The van der Waals surface area contributed by atoms with E-state index in [2.05, 4.69) is 95.6 Å². The molecule has 2 atom stereocenters. The Kier molecular flexibility index (Phi) is 4.08. The Balaban J connectivity index is 1.50. The minimum Gasteiger partial charge on any atom is -0.357 e. The summed E-state index contributed by atoms with van der Waals surface area (Å²) in [6.07, 6.45) is 0. The molecule has 0 aromatic heterocycles. The van der Waals surface area contributed by atoms with Crippen molar-refractivity contribution in [1.29, 1.82) is 0 Å². The van der Waals surface area contributed by atoms with Gasteiger partial charge >= 0.3 is 0 Å². The minimum atomic E-state index is -0.287. The van der Waals surface area contributed by atoms with Gasteiger partial charge in [-0.2, -0.15) is 0 Å². The molecule has 27 heavy (non-hydrogen) atoms. The number of fused-ring (bicyclic) bond motifs is 2. The van der Waals surface area contributed by atoms with Gasteiger partial charge in [-0.25, -0.2) is 0 Å². The predicted octanol–water partition coefficient (Wildman–Crippen LogP) is 6.13. The lowest BCUT2D eigenvalue weighted by Gasteiger charge is -2.32. The molecule has 0 saturated heterocycles. The fraction of sp³-hybridized carbons (Fsp3) is 0.0833. The van der Waals surface area contributed by atoms with Crippen molar-refractivity contribution in [2.75, 3.05) is 5.32 Å². The average molecular weight is 371 g/mol. The maximum absolute atomic E-state index is 6.35. The molecule has 4 aromatic rings. The van der Waals surface area contributed by atoms with Gasteiger partial charge in [0.25, 0.3) is 0 Å². The first kappa shape index (κ1) is 16.4. The van der Waals surface area contributed by atoms with Crippen LogP contribution in [-0.4, -0.2) is 5.62 Å². The zero-order valence-electron chi connectivity index (χ0n) is 14.7. The van der Waals surface area contributed by atoms with Gasteiger partial charge in [-0.05, 0) is 45.2 Å². The number of rotatable bonds is 2. The topological polar surface area (TPSA) is 24.1 Å². The summed E-state index contributed by atoms with van der Waals surface area (Å²) in [6, 6.07) is 32.2. The number of hydrogen-bond acceptors (Lipinski definition) is 2. The first-order chi connectivity index (χ1) is 13.3. The third-order valence-electron chi connectivity index (χ3n) is 5.19. The fourth-order valence-corrected chi connectivity index (χ4v) is 4.05. The van der Waals surface area contributed by atoms with Gasteiger partial charge in [0.1, 0.15) is 0 Å². The molecular weight excluding hydrogens is 352 g/mol. The lowest BCUT2D eigenvalue weighted by Crippen LogP contribution is -2.39. The molecule has 132 valence electrons. The van der Waals surface area contributed by atoms with E-state index in [0.29, 0.717) is 0 Å². The molecule has 2 N–H and O–H groups in total. The number of hydrogen-bond donors (Lipinski definition) is 2. The van der Waals surface area contributed by atoms with Gasteiger partial charge in [-0.15, -0.1) is 0 Å². The van der Waals surface area contributed by atoms with E-state index < -0.39 is 0 Å². The molecule has 2 unspecified atom stereocenters. The molecule has 0 bridgehead atoms. The van der Waals surface area contributed by atoms with Gasteiger partial charge < -0.3 is 5.32 Å². The van der Waals surface area contributed by atoms with Gasteiger partial charge in [0.05, 0.1) is 6.04 Å². The van der Waals surface area contributed by atoms with Crippen molar-refractivity contribution in [2.45, 2.75) is 11.7 Å². The summed E-state index contributed by atoms with van der Waals surface area (Å²) in [4.78, 5) is 0. The van der Waals surface area contributed by atoms with Crippen molar-refractivity contribution < 1.29 is 0 Å². The van der Waals surface area contributed by atoms with E-state index in [4.69, 9.17) is 11.6 Å². The maximum atomic E-state index is 6.35. The van der Waals surface area contributed by atoms with Gasteiger partial charge in [0.15, 0.2) is 5.62 Å². The largest absolute Gasteiger partial charge is 0.357 e. The summed E-state index contributed by atoms with van der Waals surface area (Å²) >= 11 is 6.35. The lowest BCUT2D eigenvalue weighted by molar-refractivity contribution is 0.582. The number of anilines is 1. The average Bonchev–Trinajstić information content (AvgIpc) is 2.73. The molecule has 0 fully saturated rings. The zero-order chi connectivity index (χ0) is 18.2. The van der Waals surface area contributed by atoms with Crippen molar-refractivity contribution in [3.63, 3.8) is 0 Å². The first-order valence-electron chi connectivity index (χ1n) is 9.13. The molecule has 0 amide bonds. The molecule has 3 heteroatoms. The lowest BCUT2D eigenvalue weighted by atomic mass is 9.93. The monoisotopic (exact) mass is 370 g/mol. The molecule has 1 heterocycles. The maximum Gasteiger partial charge on any atom is 0.156 e. The number of benzene rings is 4. The molecule has 0 aliphatic carbocycles. The Bertz CT molecular complexity index is 1100. The number of alkyl halides is 1. The summed E-state index contributed by atoms with van der Waals surface area (Å²) in [5.41, 5.74) is 5.67. The SMILES string of the molecule is ClC1Nc2ccccc2C(c2ccc(-c3ccc4ccccc4c3)cc2)N1. The minimum absolute atomic E-state index is 0.0793. The van der Waals surface area contributed by atoms with E-state index >= 15 is 0 Å². The third-order valence-corrected chi connectivity index (χ3v) is 5.43. The summed E-state index contributed by atoms with van der Waals surface area (Å²) < 4.78 is 0. The van der Waals surface area contributed by atoms with Crippen molar-refractivity contribution in [1.82, 2.24) is 5.32 Å². The van der Waals surface area contributed by atoms with Crippen LogP contribution < -0.4 is 10.6 Å². The van der Waals surface area contributed by atoms with Crippen LogP contribution in [0.25, 0.3) is 21.9 Å². The smallest absolute Gasteiger partial charge is 0.156 e. The highest BCUT2D eigenvalue weighted by Gasteiger charge is 2.25. The van der Waals surface area contributed by atoms with Crippen LogP contribution in [0.15, 0.2) is 91.0 Å². The Morgan fingerprint density at radius 1 is 0.667 bits per heavy atom. The van der Waals surface area contributed by atoms with Crippen LogP contribution in [0.4, 0.5) is 5.69 Å².